The van der Waals surface area contributed by atoms with Crippen LogP contribution < -0.4 is 0 Å². The molecule has 4 nitrogen and oxygen atoms in total. The number of carbonyl (C=O) groups is 1. The number of phenols is 2. The topological polar surface area (TPSA) is 77.8 Å². The summed E-state index contributed by atoms with van der Waals surface area (Å²) in [5.74, 6) is -0.183. The van der Waals surface area contributed by atoms with Crippen molar-refractivity contribution in [2.75, 3.05) is 0 Å². The summed E-state index contributed by atoms with van der Waals surface area (Å²) < 4.78 is 0. The smallest absolute Gasteiger partial charge is 0.139 e. The molecule has 0 bridgehead atoms. The van der Waals surface area contributed by atoms with Crippen LogP contribution in [0.25, 0.3) is 0 Å². The molecule has 0 saturated carbocycles. The highest BCUT2D eigenvalue weighted by Crippen LogP contribution is 2.27. The van der Waals surface area contributed by atoms with Gasteiger partial charge in [0.05, 0.1) is 6.10 Å². The van der Waals surface area contributed by atoms with Crippen molar-refractivity contribution in [3.05, 3.63) is 23.3 Å². The molecule has 3 N–H and O–H groups in total. The third-order valence-electron chi connectivity index (χ3n) is 2.34. The van der Waals surface area contributed by atoms with Crippen molar-refractivity contribution in [1.29, 1.82) is 0 Å². The van der Waals surface area contributed by atoms with E-state index in [2.05, 4.69) is 0 Å². The first-order chi connectivity index (χ1) is 7.40. The van der Waals surface area contributed by atoms with Gasteiger partial charge < -0.3 is 15.3 Å². The Kier molecular flexibility index (Phi) is 3.90. The Hall–Kier alpha value is -1.55. The van der Waals surface area contributed by atoms with Crippen molar-refractivity contribution < 1.29 is 20.1 Å². The summed E-state index contributed by atoms with van der Waals surface area (Å²) in [6, 6.07) is 2.91. The molecule has 0 spiro atoms. The third kappa shape index (κ3) is 3.24. The molecule has 4 heteroatoms. The van der Waals surface area contributed by atoms with Crippen molar-refractivity contribution in [3.63, 3.8) is 0 Å². The van der Waals surface area contributed by atoms with Gasteiger partial charge in [-0.3, -0.25) is 4.79 Å². The second-order valence-corrected chi connectivity index (χ2v) is 4.03. The fourth-order valence-corrected chi connectivity index (χ4v) is 1.47. The summed E-state index contributed by atoms with van der Waals surface area (Å²) in [6.07, 6.45) is -0.484. The van der Waals surface area contributed by atoms with Crippen LogP contribution in [0.2, 0.25) is 0 Å². The molecule has 0 fully saturated rings. The largest absolute Gasteiger partial charge is 0.508 e. The fraction of sp³-hybridized carbons (Fsp3) is 0.417. The van der Waals surface area contributed by atoms with E-state index >= 15 is 0 Å². The highest BCUT2D eigenvalue weighted by molar-refractivity contribution is 5.81. The average Bonchev–Trinajstić information content (AvgIpc) is 2.12. The number of aliphatic hydroxyl groups is 1. The Morgan fingerprint density at radius 3 is 2.25 bits per heavy atom. The monoisotopic (exact) mass is 224 g/mol. The van der Waals surface area contributed by atoms with Gasteiger partial charge in [0, 0.05) is 18.4 Å². The van der Waals surface area contributed by atoms with Gasteiger partial charge in [0.2, 0.25) is 0 Å². The van der Waals surface area contributed by atoms with Crippen molar-refractivity contribution in [2.24, 2.45) is 0 Å². The number of phenolic OH excluding ortho intramolecular Hbond substituents is 2. The quantitative estimate of drug-likeness (QED) is 0.720. The van der Waals surface area contributed by atoms with E-state index < -0.39 is 6.10 Å². The lowest BCUT2D eigenvalue weighted by Crippen LogP contribution is -2.11. The zero-order chi connectivity index (χ0) is 12.3. The van der Waals surface area contributed by atoms with Crippen molar-refractivity contribution in [1.82, 2.24) is 0 Å². The Labute approximate surface area is 94.2 Å². The van der Waals surface area contributed by atoms with Crippen LogP contribution in [0.5, 0.6) is 11.5 Å². The molecule has 0 amide bonds. The van der Waals surface area contributed by atoms with Gasteiger partial charge in [-0.25, -0.2) is 0 Å². The molecule has 0 aliphatic heterocycles. The second-order valence-electron chi connectivity index (χ2n) is 4.03. The molecule has 1 rings (SSSR count). The maximum Gasteiger partial charge on any atom is 0.139 e. The highest BCUT2D eigenvalue weighted by Gasteiger charge is 2.10. The summed E-state index contributed by atoms with van der Waals surface area (Å²) in [7, 11) is 0. The molecule has 1 aromatic rings. The molecule has 1 aromatic carbocycles. The van der Waals surface area contributed by atoms with E-state index in [4.69, 9.17) is 5.11 Å². The first-order valence-corrected chi connectivity index (χ1v) is 5.11. The number of Topliss-reactive ketones (excluding diaryl/α,β-unsaturated/α-hetero) is 1. The zero-order valence-electron chi connectivity index (χ0n) is 9.40. The molecule has 0 aliphatic rings. The number of rotatable bonds is 4. The lowest BCUT2D eigenvalue weighted by atomic mass is 10.0. The third-order valence-corrected chi connectivity index (χ3v) is 2.34. The number of carbonyl (C=O) groups excluding carboxylic acids is 1. The first-order valence-electron chi connectivity index (χ1n) is 5.11. The fourth-order valence-electron chi connectivity index (χ4n) is 1.47. The van der Waals surface area contributed by atoms with E-state index in [1.54, 1.807) is 13.8 Å². The van der Waals surface area contributed by atoms with Gasteiger partial charge in [0.1, 0.15) is 17.3 Å². The number of aromatic hydroxyl groups is 2. The van der Waals surface area contributed by atoms with Crippen LogP contribution in [0.1, 0.15) is 24.5 Å². The van der Waals surface area contributed by atoms with Gasteiger partial charge in [-0.2, -0.15) is 0 Å². The van der Waals surface area contributed by atoms with Gasteiger partial charge in [-0.1, -0.05) is 0 Å². The average molecular weight is 224 g/mol. The van der Waals surface area contributed by atoms with Crippen molar-refractivity contribution >= 4 is 5.78 Å². The lowest BCUT2D eigenvalue weighted by Gasteiger charge is -2.07. The molecule has 0 unspecified atom stereocenters. The molecule has 0 aromatic heterocycles. The van der Waals surface area contributed by atoms with E-state index in [0.29, 0.717) is 11.1 Å². The first kappa shape index (κ1) is 12.5. The summed E-state index contributed by atoms with van der Waals surface area (Å²) in [6.45, 7) is 3.13. The number of benzene rings is 1. The molecule has 0 radical (unpaired) electrons. The molecule has 0 aliphatic carbocycles. The number of ketones is 1. The van der Waals surface area contributed by atoms with Crippen LogP contribution in [0, 0.1) is 6.92 Å². The standard InChI is InChI=1S/C12H16O4/c1-7(13)3-10(14)4-9-5-11(15)8(2)12(16)6-9/h5-7,13,15-16H,3-4H2,1-2H3/t7-/m0/s1. The summed E-state index contributed by atoms with van der Waals surface area (Å²) >= 11 is 0. The Balaban J connectivity index is 2.79. The zero-order valence-corrected chi connectivity index (χ0v) is 9.40. The Bertz CT molecular complexity index is 373. The van der Waals surface area contributed by atoms with E-state index in [-0.39, 0.29) is 30.1 Å². The van der Waals surface area contributed by atoms with Gasteiger partial charge in [-0.15, -0.1) is 0 Å². The highest BCUT2D eigenvalue weighted by atomic mass is 16.3. The van der Waals surface area contributed by atoms with Crippen LogP contribution >= 0.6 is 0 Å². The van der Waals surface area contributed by atoms with Crippen molar-refractivity contribution in [3.8, 4) is 11.5 Å². The maximum absolute atomic E-state index is 11.4. The predicted octanol–water partition coefficient (Wildman–Crippen LogP) is 1.29. The van der Waals surface area contributed by atoms with Crippen LogP contribution in [-0.4, -0.2) is 27.2 Å². The second kappa shape index (κ2) is 4.99. The summed E-state index contributed by atoms with van der Waals surface area (Å²) in [5.41, 5.74) is 0.943. The van der Waals surface area contributed by atoms with E-state index in [1.807, 2.05) is 0 Å². The predicted molar refractivity (Wildman–Crippen MR) is 59.5 cm³/mol. The summed E-state index contributed by atoms with van der Waals surface area (Å²) in [5, 5.41) is 27.9. The molecular weight excluding hydrogens is 208 g/mol. The van der Waals surface area contributed by atoms with E-state index in [9.17, 15) is 15.0 Å². The maximum atomic E-state index is 11.4. The van der Waals surface area contributed by atoms with Crippen molar-refractivity contribution in [2.45, 2.75) is 32.8 Å². The van der Waals surface area contributed by atoms with Crippen LogP contribution in [-0.2, 0) is 11.2 Å². The molecule has 1 atom stereocenters. The Morgan fingerprint density at radius 1 is 1.31 bits per heavy atom. The minimum atomic E-state index is -0.667. The lowest BCUT2D eigenvalue weighted by molar-refractivity contribution is -0.120. The minimum absolute atomic E-state index is 0.0279. The van der Waals surface area contributed by atoms with Crippen LogP contribution in [0.3, 0.4) is 0 Å². The molecule has 0 saturated heterocycles. The van der Waals surface area contributed by atoms with Crippen LogP contribution in [0.15, 0.2) is 12.1 Å². The van der Waals surface area contributed by atoms with E-state index in [1.165, 1.54) is 12.1 Å². The van der Waals surface area contributed by atoms with E-state index in [0.717, 1.165) is 0 Å². The number of hydrogen-bond donors (Lipinski definition) is 3. The van der Waals surface area contributed by atoms with Gasteiger partial charge in [-0.05, 0) is 31.5 Å². The van der Waals surface area contributed by atoms with Gasteiger partial charge in [0.25, 0.3) is 0 Å². The Morgan fingerprint density at radius 2 is 1.81 bits per heavy atom. The normalized spacial score (nSPS) is 12.4. The molecule has 88 valence electrons. The molecule has 16 heavy (non-hydrogen) atoms. The van der Waals surface area contributed by atoms with Gasteiger partial charge >= 0.3 is 0 Å². The number of hydrogen-bond acceptors (Lipinski definition) is 4. The number of aliphatic hydroxyl groups excluding tert-OH is 1. The van der Waals surface area contributed by atoms with Crippen LogP contribution in [0.4, 0.5) is 0 Å². The summed E-state index contributed by atoms with van der Waals surface area (Å²) in [4.78, 5) is 11.4. The minimum Gasteiger partial charge on any atom is -0.508 e. The SMILES string of the molecule is Cc1c(O)cc(CC(=O)C[C@H](C)O)cc1O. The van der Waals surface area contributed by atoms with Gasteiger partial charge in [0.15, 0.2) is 0 Å². The molecule has 0 heterocycles. The molecular formula is C12H16O4.